The fourth-order valence-corrected chi connectivity index (χ4v) is 5.87. The minimum absolute atomic E-state index is 0.0606. The van der Waals surface area contributed by atoms with Crippen molar-refractivity contribution in [3.05, 3.63) is 96.3 Å². The molecule has 5 aromatic rings. The van der Waals surface area contributed by atoms with Crippen molar-refractivity contribution in [2.45, 2.75) is 39.2 Å². The number of aryl methyl sites for hydroxylation is 2. The molecular weight excluding hydrogens is 582 g/mol. The summed E-state index contributed by atoms with van der Waals surface area (Å²) in [6.45, 7) is 5.20. The van der Waals surface area contributed by atoms with Gasteiger partial charge in [-0.2, -0.15) is 0 Å². The predicted molar refractivity (Wildman–Crippen MR) is 174 cm³/mol. The zero-order valence-electron chi connectivity index (χ0n) is 26.3. The lowest BCUT2D eigenvalue weighted by Gasteiger charge is -2.25. The maximum Gasteiger partial charge on any atom is 0.255 e. The highest BCUT2D eigenvalue weighted by molar-refractivity contribution is 5.94. The number of methoxy groups -OCH3 is 1. The van der Waals surface area contributed by atoms with Crippen LogP contribution in [0.3, 0.4) is 0 Å². The quantitative estimate of drug-likeness (QED) is 0.287. The average molecular weight is 622 g/mol. The van der Waals surface area contributed by atoms with Crippen LogP contribution in [0.15, 0.2) is 79.5 Å². The Bertz CT molecular complexity index is 1800. The summed E-state index contributed by atoms with van der Waals surface area (Å²) in [6, 6.07) is 15.3. The summed E-state index contributed by atoms with van der Waals surface area (Å²) in [4.78, 5) is 44.5. The first kappa shape index (κ1) is 30.8. The Kier molecular flexibility index (Phi) is 9.56. The molecule has 1 aromatic carbocycles. The molecule has 46 heavy (non-hydrogen) atoms. The molecule has 0 atom stereocenters. The number of amides is 2. The van der Waals surface area contributed by atoms with E-state index in [4.69, 9.17) is 9.47 Å². The van der Waals surface area contributed by atoms with Crippen LogP contribution in [-0.4, -0.2) is 85.4 Å². The number of nitrogens with zero attached hydrogens (tertiary/aromatic N) is 7. The van der Waals surface area contributed by atoms with Gasteiger partial charge in [0.25, 0.3) is 5.91 Å². The second kappa shape index (κ2) is 14.3. The van der Waals surface area contributed by atoms with E-state index in [1.807, 2.05) is 65.0 Å². The van der Waals surface area contributed by atoms with E-state index in [1.165, 1.54) is 6.20 Å². The number of hydrogen-bond acceptors (Lipinski definition) is 7. The summed E-state index contributed by atoms with van der Waals surface area (Å²) in [5.41, 5.74) is 4.24. The lowest BCUT2D eigenvalue weighted by molar-refractivity contribution is -0.130. The Morgan fingerprint density at radius 1 is 0.870 bits per heavy atom. The van der Waals surface area contributed by atoms with E-state index >= 15 is 0 Å². The van der Waals surface area contributed by atoms with Crippen LogP contribution in [0.2, 0.25) is 0 Å². The molecular formula is C35H39N7O4. The van der Waals surface area contributed by atoms with Gasteiger partial charge >= 0.3 is 0 Å². The van der Waals surface area contributed by atoms with Gasteiger partial charge < -0.3 is 28.2 Å². The van der Waals surface area contributed by atoms with E-state index in [-0.39, 0.29) is 18.2 Å². The maximum atomic E-state index is 13.8. The Balaban J connectivity index is 1.22. The molecule has 0 aliphatic carbocycles. The molecule has 0 spiro atoms. The molecule has 6 rings (SSSR count). The first-order valence-electron chi connectivity index (χ1n) is 15.7. The second-order valence-corrected chi connectivity index (χ2v) is 11.5. The molecule has 1 aliphatic rings. The molecule has 0 fully saturated rings. The zero-order valence-corrected chi connectivity index (χ0v) is 26.3. The number of ether oxygens (including phenoxy) is 2. The van der Waals surface area contributed by atoms with Crippen LogP contribution in [0.5, 0.6) is 11.6 Å². The second-order valence-electron chi connectivity index (χ2n) is 11.5. The molecule has 1 aliphatic heterocycles. The fourth-order valence-electron chi connectivity index (χ4n) is 5.87. The molecule has 0 unspecified atom stereocenters. The highest BCUT2D eigenvalue weighted by atomic mass is 16.5. The van der Waals surface area contributed by atoms with Crippen LogP contribution < -0.4 is 9.47 Å². The molecule has 4 aromatic heterocycles. The highest BCUT2D eigenvalue weighted by Crippen LogP contribution is 2.23. The molecule has 2 bridgehead atoms. The first-order chi connectivity index (χ1) is 22.5. The number of imidazole rings is 2. The van der Waals surface area contributed by atoms with E-state index in [2.05, 4.69) is 19.5 Å². The fraction of sp³-hybridized carbons (Fsp3) is 0.343. The van der Waals surface area contributed by atoms with Gasteiger partial charge in [0.2, 0.25) is 11.8 Å². The van der Waals surface area contributed by atoms with Crippen LogP contribution in [0, 0.1) is 6.92 Å². The number of rotatable bonds is 4. The summed E-state index contributed by atoms with van der Waals surface area (Å²) in [7, 11) is 1.55. The Labute approximate surface area is 268 Å². The van der Waals surface area contributed by atoms with Crippen molar-refractivity contribution in [3.8, 4) is 23.0 Å². The minimum atomic E-state index is -0.122. The standard InChI is InChI=1S/C35H39N7O4/c1-26-8-6-18-42-29(25-38-33(26)42)23-32(43)39-14-3-4-15-41(35(44)28-11-12-31(45-2)37-24-28)20-21-46-30-10-5-9-27(22-30)34-36-13-19-40(34)17-7-16-39/h5-6,8-13,18-19,22,24-25H,3-4,7,14-17,20-21,23H2,1-2H3. The number of carbonyl (C=O) groups excluding carboxylic acids is 2. The maximum absolute atomic E-state index is 13.8. The Morgan fingerprint density at radius 3 is 2.54 bits per heavy atom. The third-order valence-electron chi connectivity index (χ3n) is 8.34. The van der Waals surface area contributed by atoms with Crippen LogP contribution >= 0.6 is 0 Å². The van der Waals surface area contributed by atoms with Crippen LogP contribution in [0.25, 0.3) is 17.0 Å². The van der Waals surface area contributed by atoms with E-state index < -0.39 is 0 Å². The van der Waals surface area contributed by atoms with Gasteiger partial charge in [-0.15, -0.1) is 0 Å². The molecule has 2 amide bonds. The summed E-state index contributed by atoms with van der Waals surface area (Å²) < 4.78 is 15.4. The van der Waals surface area contributed by atoms with Gasteiger partial charge in [0.05, 0.1) is 31.3 Å². The monoisotopic (exact) mass is 621 g/mol. The number of pyridine rings is 2. The first-order valence-corrected chi connectivity index (χ1v) is 15.7. The van der Waals surface area contributed by atoms with E-state index in [0.717, 1.165) is 54.1 Å². The van der Waals surface area contributed by atoms with Crippen molar-refractivity contribution in [2.24, 2.45) is 0 Å². The zero-order chi connectivity index (χ0) is 31.9. The van der Waals surface area contributed by atoms with Gasteiger partial charge in [-0.05, 0) is 56.0 Å². The van der Waals surface area contributed by atoms with Gasteiger partial charge in [0.1, 0.15) is 23.8 Å². The summed E-state index contributed by atoms with van der Waals surface area (Å²) in [5.74, 6) is 1.95. The van der Waals surface area contributed by atoms with Crippen LogP contribution in [-0.2, 0) is 17.8 Å². The predicted octanol–water partition coefficient (Wildman–Crippen LogP) is 4.69. The number of fused-ring (bicyclic) bond motifs is 5. The van der Waals surface area contributed by atoms with Crippen molar-refractivity contribution in [2.75, 3.05) is 39.9 Å². The van der Waals surface area contributed by atoms with Gasteiger partial charge in [-0.25, -0.2) is 15.0 Å². The topological polar surface area (TPSA) is 107 Å². The summed E-state index contributed by atoms with van der Waals surface area (Å²) in [6.07, 6.45) is 11.6. The lowest BCUT2D eigenvalue weighted by atomic mass is 10.2. The van der Waals surface area contributed by atoms with E-state index in [9.17, 15) is 9.59 Å². The third kappa shape index (κ3) is 7.03. The Morgan fingerprint density at radius 2 is 1.72 bits per heavy atom. The van der Waals surface area contributed by atoms with Crippen molar-refractivity contribution in [1.82, 2.24) is 33.7 Å². The summed E-state index contributed by atoms with van der Waals surface area (Å²) >= 11 is 0. The van der Waals surface area contributed by atoms with Crippen molar-refractivity contribution in [3.63, 3.8) is 0 Å². The molecule has 0 N–H and O–H groups in total. The van der Waals surface area contributed by atoms with Gasteiger partial charge in [-0.1, -0.05) is 18.2 Å². The smallest absolute Gasteiger partial charge is 0.255 e. The van der Waals surface area contributed by atoms with E-state index in [0.29, 0.717) is 50.0 Å². The average Bonchev–Trinajstić information content (AvgIpc) is 3.72. The van der Waals surface area contributed by atoms with E-state index in [1.54, 1.807) is 36.5 Å². The molecule has 0 radical (unpaired) electrons. The molecule has 0 saturated heterocycles. The van der Waals surface area contributed by atoms with Crippen LogP contribution in [0.4, 0.5) is 0 Å². The van der Waals surface area contributed by atoms with Crippen LogP contribution in [0.1, 0.15) is 40.9 Å². The summed E-state index contributed by atoms with van der Waals surface area (Å²) in [5, 5.41) is 0. The molecule has 238 valence electrons. The Hall–Kier alpha value is -5.19. The highest BCUT2D eigenvalue weighted by Gasteiger charge is 2.20. The lowest BCUT2D eigenvalue weighted by Crippen LogP contribution is -2.37. The van der Waals surface area contributed by atoms with Gasteiger partial charge in [0, 0.05) is 68.8 Å². The number of aromatic nitrogens is 5. The normalized spacial score (nSPS) is 14.7. The molecule has 11 heteroatoms. The third-order valence-corrected chi connectivity index (χ3v) is 8.34. The van der Waals surface area contributed by atoms with Crippen molar-refractivity contribution < 1.29 is 19.1 Å². The molecule has 5 heterocycles. The number of carbonyl (C=O) groups is 2. The minimum Gasteiger partial charge on any atom is -0.492 e. The van der Waals surface area contributed by atoms with Crippen molar-refractivity contribution in [1.29, 1.82) is 0 Å². The largest absolute Gasteiger partial charge is 0.492 e. The molecule has 0 saturated carbocycles. The number of benzene rings is 1. The van der Waals surface area contributed by atoms with Gasteiger partial charge in [0.15, 0.2) is 0 Å². The molecule has 11 nitrogen and oxygen atoms in total. The van der Waals surface area contributed by atoms with Crippen molar-refractivity contribution >= 4 is 17.5 Å². The number of hydrogen-bond donors (Lipinski definition) is 0. The van der Waals surface area contributed by atoms with Gasteiger partial charge in [-0.3, -0.25) is 9.59 Å². The SMILES string of the molecule is COc1ccc(C(=O)N2CCCCN(C(=O)Cc3cnc4c(C)cccn34)CCCn3ccnc3-c3cccc(c3)OCC2)cn1.